The van der Waals surface area contributed by atoms with Gasteiger partial charge in [0.15, 0.2) is 0 Å². The quantitative estimate of drug-likeness (QED) is 0.572. The molecule has 1 aromatic carbocycles. The van der Waals surface area contributed by atoms with Gasteiger partial charge in [-0.2, -0.15) is 0 Å². The van der Waals surface area contributed by atoms with Crippen LogP contribution in [0.15, 0.2) is 23.1 Å². The van der Waals surface area contributed by atoms with Crippen LogP contribution in [-0.2, 0) is 0 Å². The second-order valence-corrected chi connectivity index (χ2v) is 3.16. The Labute approximate surface area is 70.8 Å². The summed E-state index contributed by atoms with van der Waals surface area (Å²) in [6.45, 7) is 0.590. The Morgan fingerprint density at radius 1 is 1.55 bits per heavy atom. The molecule has 0 saturated carbocycles. The average molecular weight is 167 g/mol. The lowest BCUT2D eigenvalue weighted by Crippen LogP contribution is -2.10. The van der Waals surface area contributed by atoms with Crippen molar-refractivity contribution in [2.45, 2.75) is 10.9 Å². The van der Waals surface area contributed by atoms with E-state index < -0.39 is 0 Å². The second-order valence-electron chi connectivity index (χ2n) is 2.64. The van der Waals surface area contributed by atoms with Crippen LogP contribution in [0.1, 0.15) is 11.6 Å². The van der Waals surface area contributed by atoms with E-state index >= 15 is 0 Å². The van der Waals surface area contributed by atoms with Crippen molar-refractivity contribution in [1.82, 2.24) is 0 Å². The van der Waals surface area contributed by atoms with Crippen LogP contribution in [-0.4, -0.2) is 6.61 Å². The highest BCUT2D eigenvalue weighted by molar-refractivity contribution is 7.80. The molecule has 0 bridgehead atoms. The molecule has 1 aliphatic heterocycles. The maximum atomic E-state index is 5.75. The zero-order valence-corrected chi connectivity index (χ0v) is 6.84. The van der Waals surface area contributed by atoms with Gasteiger partial charge in [0, 0.05) is 10.5 Å². The predicted molar refractivity (Wildman–Crippen MR) is 46.1 cm³/mol. The molecule has 1 aromatic rings. The van der Waals surface area contributed by atoms with Crippen molar-refractivity contribution < 1.29 is 4.74 Å². The molecule has 0 amide bonds. The fourth-order valence-corrected chi connectivity index (χ4v) is 1.42. The maximum Gasteiger partial charge on any atom is 0.125 e. The minimum atomic E-state index is 0.0407. The largest absolute Gasteiger partial charge is 0.491 e. The first-order valence-corrected chi connectivity index (χ1v) is 3.93. The minimum absolute atomic E-state index is 0.0407. The van der Waals surface area contributed by atoms with E-state index in [2.05, 4.69) is 12.6 Å². The van der Waals surface area contributed by atoms with Gasteiger partial charge >= 0.3 is 0 Å². The minimum Gasteiger partial charge on any atom is -0.491 e. The zero-order chi connectivity index (χ0) is 7.84. The number of benzene rings is 1. The highest BCUT2D eigenvalue weighted by Crippen LogP contribution is 2.32. The molecule has 0 aromatic heterocycles. The van der Waals surface area contributed by atoms with Crippen molar-refractivity contribution in [3.63, 3.8) is 0 Å². The summed E-state index contributed by atoms with van der Waals surface area (Å²) in [7, 11) is 0. The van der Waals surface area contributed by atoms with Crippen LogP contribution in [0.5, 0.6) is 5.75 Å². The molecule has 0 fully saturated rings. The summed E-state index contributed by atoms with van der Waals surface area (Å²) in [6, 6.07) is 5.83. The monoisotopic (exact) mass is 167 g/mol. The summed E-state index contributed by atoms with van der Waals surface area (Å²) >= 11 is 4.19. The molecule has 0 aliphatic carbocycles. The topological polar surface area (TPSA) is 35.2 Å². The first-order chi connectivity index (χ1) is 5.27. The smallest absolute Gasteiger partial charge is 0.125 e. The fraction of sp³-hybridized carbons (Fsp3) is 0.250. The summed E-state index contributed by atoms with van der Waals surface area (Å²) in [5.74, 6) is 0.880. The summed E-state index contributed by atoms with van der Waals surface area (Å²) in [4.78, 5) is 0.915. The normalized spacial score (nSPS) is 21.1. The number of ether oxygens (including phenoxy) is 1. The van der Waals surface area contributed by atoms with Crippen molar-refractivity contribution in [1.29, 1.82) is 0 Å². The number of hydrogen-bond donors (Lipinski definition) is 2. The van der Waals surface area contributed by atoms with E-state index in [1.165, 1.54) is 0 Å². The summed E-state index contributed by atoms with van der Waals surface area (Å²) < 4.78 is 5.32. The van der Waals surface area contributed by atoms with Crippen molar-refractivity contribution in [2.75, 3.05) is 6.61 Å². The molecule has 0 saturated heterocycles. The Morgan fingerprint density at radius 3 is 3.18 bits per heavy atom. The third kappa shape index (κ3) is 1.10. The third-order valence-corrected chi connectivity index (χ3v) is 2.09. The summed E-state index contributed by atoms with van der Waals surface area (Å²) in [6.07, 6.45) is 0. The number of hydrogen-bond acceptors (Lipinski definition) is 3. The van der Waals surface area contributed by atoms with Gasteiger partial charge in [-0.1, -0.05) is 6.07 Å². The van der Waals surface area contributed by atoms with Gasteiger partial charge in [0.05, 0.1) is 6.04 Å². The van der Waals surface area contributed by atoms with E-state index in [1.807, 2.05) is 18.2 Å². The fourth-order valence-electron chi connectivity index (χ4n) is 1.22. The van der Waals surface area contributed by atoms with Crippen LogP contribution >= 0.6 is 12.6 Å². The molecule has 0 radical (unpaired) electrons. The van der Waals surface area contributed by atoms with Crippen LogP contribution in [0.3, 0.4) is 0 Å². The van der Waals surface area contributed by atoms with E-state index in [0.29, 0.717) is 6.61 Å². The third-order valence-electron chi connectivity index (χ3n) is 1.82. The molecular formula is C8H9NOS. The van der Waals surface area contributed by atoms with E-state index in [-0.39, 0.29) is 6.04 Å². The highest BCUT2D eigenvalue weighted by Gasteiger charge is 2.19. The van der Waals surface area contributed by atoms with Crippen LogP contribution in [0, 0.1) is 0 Å². The van der Waals surface area contributed by atoms with E-state index in [4.69, 9.17) is 10.5 Å². The van der Waals surface area contributed by atoms with Gasteiger partial charge in [-0.3, -0.25) is 0 Å². The molecule has 11 heavy (non-hydrogen) atoms. The standard InChI is InChI=1S/C8H9NOS/c9-7-4-10-8-3-5(11)1-2-6(7)8/h1-3,7,11H,4,9H2. The van der Waals surface area contributed by atoms with Crippen molar-refractivity contribution in [2.24, 2.45) is 5.73 Å². The Kier molecular flexibility index (Phi) is 1.55. The van der Waals surface area contributed by atoms with E-state index in [1.54, 1.807) is 0 Å². The average Bonchev–Trinajstić information content (AvgIpc) is 2.32. The van der Waals surface area contributed by atoms with Crippen molar-refractivity contribution >= 4 is 12.6 Å². The molecule has 58 valence electrons. The molecular weight excluding hydrogens is 158 g/mol. The Hall–Kier alpha value is -0.670. The van der Waals surface area contributed by atoms with Gasteiger partial charge in [0.1, 0.15) is 12.4 Å². The maximum absolute atomic E-state index is 5.75. The molecule has 2 N–H and O–H groups in total. The molecule has 0 spiro atoms. The first kappa shape index (κ1) is 7.00. The predicted octanol–water partition coefficient (Wildman–Crippen LogP) is 1.37. The Bertz CT molecular complexity index is 287. The summed E-state index contributed by atoms with van der Waals surface area (Å²) in [5.41, 5.74) is 6.83. The number of rotatable bonds is 0. The second kappa shape index (κ2) is 2.43. The lowest BCUT2D eigenvalue weighted by Gasteiger charge is -1.99. The van der Waals surface area contributed by atoms with E-state index in [0.717, 1.165) is 16.2 Å². The van der Waals surface area contributed by atoms with Crippen LogP contribution < -0.4 is 10.5 Å². The lowest BCUT2D eigenvalue weighted by molar-refractivity contribution is 0.333. The van der Waals surface area contributed by atoms with Gasteiger partial charge < -0.3 is 10.5 Å². The molecule has 1 atom stereocenters. The van der Waals surface area contributed by atoms with Gasteiger partial charge in [0.2, 0.25) is 0 Å². The summed E-state index contributed by atoms with van der Waals surface area (Å²) in [5, 5.41) is 0. The van der Waals surface area contributed by atoms with Gasteiger partial charge in [-0.15, -0.1) is 12.6 Å². The number of fused-ring (bicyclic) bond motifs is 1. The lowest BCUT2D eigenvalue weighted by atomic mass is 10.1. The van der Waals surface area contributed by atoms with Gasteiger partial charge in [0.25, 0.3) is 0 Å². The van der Waals surface area contributed by atoms with Crippen molar-refractivity contribution in [3.05, 3.63) is 23.8 Å². The molecule has 1 aliphatic rings. The molecule has 2 rings (SSSR count). The Morgan fingerprint density at radius 2 is 2.36 bits per heavy atom. The van der Waals surface area contributed by atoms with Gasteiger partial charge in [-0.05, 0) is 12.1 Å². The first-order valence-electron chi connectivity index (χ1n) is 3.48. The highest BCUT2D eigenvalue weighted by atomic mass is 32.1. The zero-order valence-electron chi connectivity index (χ0n) is 5.95. The molecule has 1 unspecified atom stereocenters. The molecule has 3 heteroatoms. The van der Waals surface area contributed by atoms with Gasteiger partial charge in [-0.25, -0.2) is 0 Å². The van der Waals surface area contributed by atoms with Crippen LogP contribution in [0.25, 0.3) is 0 Å². The molecule has 2 nitrogen and oxygen atoms in total. The van der Waals surface area contributed by atoms with E-state index in [9.17, 15) is 0 Å². The molecule has 1 heterocycles. The number of thiol groups is 1. The SMILES string of the molecule is NC1COc2cc(S)ccc21. The van der Waals surface area contributed by atoms with Crippen LogP contribution in [0.4, 0.5) is 0 Å². The van der Waals surface area contributed by atoms with Crippen molar-refractivity contribution in [3.8, 4) is 5.75 Å². The Balaban J connectivity index is 2.50. The number of nitrogens with two attached hydrogens (primary N) is 1. The van der Waals surface area contributed by atoms with Crippen LogP contribution in [0.2, 0.25) is 0 Å².